The summed E-state index contributed by atoms with van der Waals surface area (Å²) in [6.45, 7) is 3.47. The molecule has 2 aromatic carbocycles. The first kappa shape index (κ1) is 18.5. The average molecular weight is 338 g/mol. The van der Waals surface area contributed by atoms with Gasteiger partial charge in [0.25, 0.3) is 5.91 Å². The fraction of sp³-hybridized carbons (Fsp3) is 0.300. The minimum atomic E-state index is -0.0808. The molecule has 2 aromatic rings. The predicted molar refractivity (Wildman–Crippen MR) is 103 cm³/mol. The molecule has 2 rings (SSSR count). The predicted octanol–water partition coefficient (Wildman–Crippen LogP) is 2.56. The molecule has 0 atom stereocenters. The van der Waals surface area contributed by atoms with Crippen molar-refractivity contribution in [3.63, 3.8) is 0 Å². The molecule has 2 N–H and O–H groups in total. The van der Waals surface area contributed by atoms with Crippen LogP contribution < -0.4 is 10.6 Å². The zero-order chi connectivity index (χ0) is 18.2. The van der Waals surface area contributed by atoms with Crippen molar-refractivity contribution in [2.24, 2.45) is 4.99 Å². The minimum Gasteiger partial charge on any atom is -0.355 e. The third-order valence-corrected chi connectivity index (χ3v) is 3.98. The molecule has 0 heterocycles. The number of rotatable bonds is 5. The maximum absolute atomic E-state index is 11.7. The molecular weight excluding hydrogens is 312 g/mol. The van der Waals surface area contributed by atoms with Gasteiger partial charge in [-0.15, -0.1) is 0 Å². The average Bonchev–Trinajstić information content (AvgIpc) is 2.63. The van der Waals surface area contributed by atoms with E-state index in [0.29, 0.717) is 12.1 Å². The van der Waals surface area contributed by atoms with Crippen molar-refractivity contribution in [1.82, 2.24) is 15.5 Å². The van der Waals surface area contributed by atoms with Crippen molar-refractivity contribution in [2.75, 3.05) is 21.1 Å². The lowest BCUT2D eigenvalue weighted by atomic mass is 10.1. The molecule has 132 valence electrons. The Labute approximate surface area is 149 Å². The van der Waals surface area contributed by atoms with Crippen LogP contribution in [0.15, 0.2) is 53.5 Å². The van der Waals surface area contributed by atoms with E-state index in [9.17, 15) is 4.79 Å². The molecule has 0 spiro atoms. The molecule has 0 radical (unpaired) electrons. The van der Waals surface area contributed by atoms with Gasteiger partial charge in [-0.3, -0.25) is 9.79 Å². The summed E-state index contributed by atoms with van der Waals surface area (Å²) in [5.41, 5.74) is 4.18. The minimum absolute atomic E-state index is 0.0808. The molecule has 0 fully saturated rings. The van der Waals surface area contributed by atoms with Crippen molar-refractivity contribution in [1.29, 1.82) is 0 Å². The first-order valence-electron chi connectivity index (χ1n) is 8.32. The number of aliphatic imine (C=N–C) groups is 1. The summed E-state index contributed by atoms with van der Waals surface area (Å²) >= 11 is 0. The number of aryl methyl sites for hydroxylation is 1. The monoisotopic (exact) mass is 338 g/mol. The number of hydrogen-bond acceptors (Lipinski definition) is 2. The topological polar surface area (TPSA) is 56.7 Å². The van der Waals surface area contributed by atoms with Gasteiger partial charge in [0.2, 0.25) is 0 Å². The summed E-state index contributed by atoms with van der Waals surface area (Å²) < 4.78 is 0. The van der Waals surface area contributed by atoms with Gasteiger partial charge < -0.3 is 15.5 Å². The molecule has 0 saturated carbocycles. The number of carbonyl (C=O) groups is 1. The fourth-order valence-electron chi connectivity index (χ4n) is 2.57. The highest BCUT2D eigenvalue weighted by molar-refractivity contribution is 5.94. The Morgan fingerprint density at radius 2 is 1.84 bits per heavy atom. The number of benzene rings is 2. The van der Waals surface area contributed by atoms with Crippen LogP contribution in [0.3, 0.4) is 0 Å². The second-order valence-electron chi connectivity index (χ2n) is 6.02. The van der Waals surface area contributed by atoms with Crippen LogP contribution >= 0.6 is 0 Å². The van der Waals surface area contributed by atoms with Gasteiger partial charge in [0.15, 0.2) is 5.96 Å². The number of nitrogens with one attached hydrogen (secondary N) is 2. The Balaban J connectivity index is 1.97. The number of nitrogens with zero attached hydrogens (tertiary/aromatic N) is 2. The Hall–Kier alpha value is -2.82. The number of guanidine groups is 1. The highest BCUT2D eigenvalue weighted by Crippen LogP contribution is 2.08. The van der Waals surface area contributed by atoms with Gasteiger partial charge in [0.05, 0.1) is 0 Å². The van der Waals surface area contributed by atoms with Crippen LogP contribution in [0.2, 0.25) is 0 Å². The second kappa shape index (κ2) is 8.87. The van der Waals surface area contributed by atoms with Gasteiger partial charge in [0, 0.05) is 39.8 Å². The van der Waals surface area contributed by atoms with Crippen LogP contribution in [0.4, 0.5) is 0 Å². The first-order valence-corrected chi connectivity index (χ1v) is 8.32. The van der Waals surface area contributed by atoms with E-state index >= 15 is 0 Å². The van der Waals surface area contributed by atoms with Crippen molar-refractivity contribution >= 4 is 11.9 Å². The van der Waals surface area contributed by atoms with E-state index in [1.807, 2.05) is 25.2 Å². The molecule has 0 saturated heterocycles. The first-order chi connectivity index (χ1) is 12.0. The maximum Gasteiger partial charge on any atom is 0.251 e. The SMILES string of the molecule is CN=C(NCc1cccc(C(=O)NC)c1)N(C)Cc1ccc(C)cc1. The van der Waals surface area contributed by atoms with Crippen LogP contribution in [0.5, 0.6) is 0 Å². The van der Waals surface area contributed by atoms with Gasteiger partial charge in [-0.1, -0.05) is 42.0 Å². The highest BCUT2D eigenvalue weighted by Gasteiger charge is 2.08. The van der Waals surface area contributed by atoms with E-state index < -0.39 is 0 Å². The van der Waals surface area contributed by atoms with Gasteiger partial charge in [-0.25, -0.2) is 0 Å². The summed E-state index contributed by atoms with van der Waals surface area (Å²) in [4.78, 5) is 18.2. The van der Waals surface area contributed by atoms with E-state index in [1.165, 1.54) is 11.1 Å². The molecule has 0 unspecified atom stereocenters. The van der Waals surface area contributed by atoms with E-state index in [-0.39, 0.29) is 5.91 Å². The molecule has 0 aliphatic rings. The molecule has 0 aliphatic carbocycles. The normalized spacial score (nSPS) is 11.1. The number of amides is 1. The van der Waals surface area contributed by atoms with Crippen LogP contribution in [0, 0.1) is 6.92 Å². The zero-order valence-corrected chi connectivity index (χ0v) is 15.3. The van der Waals surface area contributed by atoms with Crippen molar-refractivity contribution < 1.29 is 4.79 Å². The van der Waals surface area contributed by atoms with Gasteiger partial charge in [-0.05, 0) is 30.2 Å². The Morgan fingerprint density at radius 3 is 2.48 bits per heavy atom. The number of carbonyl (C=O) groups excluding carboxylic acids is 1. The third-order valence-electron chi connectivity index (χ3n) is 3.98. The third kappa shape index (κ3) is 5.35. The summed E-state index contributed by atoms with van der Waals surface area (Å²) in [7, 11) is 5.42. The van der Waals surface area contributed by atoms with Crippen LogP contribution in [0.1, 0.15) is 27.0 Å². The summed E-state index contributed by atoms with van der Waals surface area (Å²) in [5, 5.41) is 5.99. The highest BCUT2D eigenvalue weighted by atomic mass is 16.1. The van der Waals surface area contributed by atoms with E-state index in [4.69, 9.17) is 0 Å². The molecule has 1 amide bonds. The van der Waals surface area contributed by atoms with E-state index in [0.717, 1.165) is 18.1 Å². The molecule has 0 bridgehead atoms. The van der Waals surface area contributed by atoms with Crippen LogP contribution in [-0.4, -0.2) is 37.9 Å². The molecule has 5 heteroatoms. The van der Waals surface area contributed by atoms with Crippen LogP contribution in [0.25, 0.3) is 0 Å². The Morgan fingerprint density at radius 1 is 1.12 bits per heavy atom. The Kier molecular flexibility index (Phi) is 6.57. The largest absolute Gasteiger partial charge is 0.355 e. The lowest BCUT2D eigenvalue weighted by Gasteiger charge is -2.22. The lowest BCUT2D eigenvalue weighted by molar-refractivity contribution is 0.0963. The summed E-state index contributed by atoms with van der Waals surface area (Å²) in [6, 6.07) is 16.1. The quantitative estimate of drug-likeness (QED) is 0.651. The number of hydrogen-bond donors (Lipinski definition) is 2. The second-order valence-corrected chi connectivity index (χ2v) is 6.02. The zero-order valence-electron chi connectivity index (χ0n) is 15.3. The molecule has 0 aromatic heterocycles. The summed E-state index contributed by atoms with van der Waals surface area (Å²) in [5.74, 6) is 0.730. The maximum atomic E-state index is 11.7. The molecule has 25 heavy (non-hydrogen) atoms. The smallest absolute Gasteiger partial charge is 0.251 e. The van der Waals surface area contributed by atoms with Gasteiger partial charge >= 0.3 is 0 Å². The van der Waals surface area contributed by atoms with Crippen LogP contribution in [-0.2, 0) is 13.1 Å². The van der Waals surface area contributed by atoms with Gasteiger partial charge in [-0.2, -0.15) is 0 Å². The Bertz CT molecular complexity index is 738. The van der Waals surface area contributed by atoms with Crippen molar-refractivity contribution in [3.8, 4) is 0 Å². The van der Waals surface area contributed by atoms with Gasteiger partial charge in [0.1, 0.15) is 0 Å². The standard InChI is InChI=1S/C20H26N4O/c1-15-8-10-16(11-9-15)14-24(4)20(22-3)23-13-17-6-5-7-18(12-17)19(25)21-2/h5-12H,13-14H2,1-4H3,(H,21,25)(H,22,23). The fourth-order valence-corrected chi connectivity index (χ4v) is 2.57. The molecule has 5 nitrogen and oxygen atoms in total. The molecular formula is C20H26N4O. The van der Waals surface area contributed by atoms with Crippen molar-refractivity contribution in [3.05, 3.63) is 70.8 Å². The van der Waals surface area contributed by atoms with E-state index in [2.05, 4.69) is 51.7 Å². The summed E-state index contributed by atoms with van der Waals surface area (Å²) in [6.07, 6.45) is 0. The van der Waals surface area contributed by atoms with E-state index in [1.54, 1.807) is 20.2 Å². The lowest BCUT2D eigenvalue weighted by Crippen LogP contribution is -2.38. The molecule has 0 aliphatic heterocycles. The van der Waals surface area contributed by atoms with Crippen molar-refractivity contribution in [2.45, 2.75) is 20.0 Å².